The van der Waals surface area contributed by atoms with Crippen LogP contribution in [0.1, 0.15) is 37.7 Å². The van der Waals surface area contributed by atoms with E-state index in [-0.39, 0.29) is 26.5 Å². The molecule has 0 bridgehead atoms. The summed E-state index contributed by atoms with van der Waals surface area (Å²) in [5, 5.41) is 14.5. The molecule has 0 fully saturated rings. The molecule has 0 spiro atoms. The van der Waals surface area contributed by atoms with E-state index in [9.17, 15) is 0 Å². The van der Waals surface area contributed by atoms with Crippen LogP contribution >= 0.6 is 0 Å². The molecule has 11 aromatic carbocycles. The molecular formula is C74H56N4OPt. The monoisotopic (exact) mass is 1210 g/mol. The Morgan fingerprint density at radius 2 is 0.875 bits per heavy atom. The molecule has 388 valence electrons. The van der Waals surface area contributed by atoms with Crippen molar-refractivity contribution in [2.45, 2.75) is 40.0 Å². The maximum absolute atomic E-state index is 6.27. The molecule has 6 heteroatoms. The van der Waals surface area contributed by atoms with E-state index in [1.165, 1.54) is 82.4 Å². The largest absolute Gasteiger partial charge is 2.00 e. The van der Waals surface area contributed by atoms with Crippen molar-refractivity contribution in [3.05, 3.63) is 278 Å². The Labute approximate surface area is 481 Å². The Morgan fingerprint density at radius 1 is 0.425 bits per heavy atom. The minimum atomic E-state index is 0. The quantitative estimate of drug-likeness (QED) is 0.112. The summed E-state index contributed by atoms with van der Waals surface area (Å²) in [5.74, 6) is 2.09. The van der Waals surface area contributed by atoms with Gasteiger partial charge in [0.25, 0.3) is 0 Å². The number of aromatic nitrogens is 4. The predicted octanol–water partition coefficient (Wildman–Crippen LogP) is 19.5. The fraction of sp³-hybridized carbons (Fsp3) is 0.0811. The fourth-order valence-electron chi connectivity index (χ4n) is 11.5. The summed E-state index contributed by atoms with van der Waals surface area (Å²) in [7, 11) is 0. The Morgan fingerprint density at radius 3 is 1.34 bits per heavy atom. The second kappa shape index (κ2) is 21.6. The van der Waals surface area contributed by atoms with Crippen molar-refractivity contribution in [1.82, 2.24) is 19.3 Å². The predicted molar refractivity (Wildman–Crippen MR) is 329 cm³/mol. The average molecular weight is 1210 g/mol. The van der Waals surface area contributed by atoms with E-state index in [0.717, 1.165) is 44.7 Å². The molecule has 0 aliphatic rings. The van der Waals surface area contributed by atoms with Crippen molar-refractivity contribution >= 4 is 54.1 Å². The van der Waals surface area contributed by atoms with E-state index in [4.69, 9.17) is 9.72 Å². The van der Waals surface area contributed by atoms with Gasteiger partial charge in [-0.15, -0.1) is 35.7 Å². The molecule has 14 aromatic rings. The molecule has 0 aliphatic heterocycles. The molecule has 80 heavy (non-hydrogen) atoms. The number of pyridine rings is 1. The van der Waals surface area contributed by atoms with Crippen LogP contribution in [0.25, 0.3) is 110 Å². The Hall–Kier alpha value is -9.15. The zero-order valence-electron chi connectivity index (χ0n) is 45.2. The third kappa shape index (κ3) is 9.48. The van der Waals surface area contributed by atoms with Gasteiger partial charge in [0.15, 0.2) is 0 Å². The number of benzene rings is 11. The molecule has 14 rings (SSSR count). The molecule has 3 aromatic heterocycles. The van der Waals surface area contributed by atoms with Gasteiger partial charge in [-0.2, -0.15) is 17.2 Å². The normalized spacial score (nSPS) is 11.5. The Bertz CT molecular complexity index is 4240. The SMILES string of the molecule is Cc1cc(C)n(-c2[c-]c(Oc3[c-]c4c(cc3)c3ccccc3n4-c3cc(C(C)(C)C)ccn3)ccc2)n1.[Pt+2].c1ccc(-c2c3ccccc3c(-c3ccccc3)c3c(-c4ccccc4)c4ccccc4c(-c4ccccc4)c23)cc1. The van der Waals surface area contributed by atoms with Gasteiger partial charge in [0, 0.05) is 28.9 Å². The van der Waals surface area contributed by atoms with E-state index in [1.807, 2.05) is 55.1 Å². The van der Waals surface area contributed by atoms with Crippen LogP contribution in [0, 0.1) is 26.0 Å². The van der Waals surface area contributed by atoms with Crippen LogP contribution in [0.5, 0.6) is 11.5 Å². The van der Waals surface area contributed by atoms with Crippen molar-refractivity contribution in [2.75, 3.05) is 0 Å². The number of hydrogen-bond acceptors (Lipinski definition) is 3. The first kappa shape index (κ1) is 51.6. The van der Waals surface area contributed by atoms with Gasteiger partial charge in [-0.3, -0.25) is 4.68 Å². The van der Waals surface area contributed by atoms with Gasteiger partial charge in [-0.1, -0.05) is 214 Å². The van der Waals surface area contributed by atoms with Crippen molar-refractivity contribution in [3.63, 3.8) is 0 Å². The minimum Gasteiger partial charge on any atom is -0.509 e. The van der Waals surface area contributed by atoms with Gasteiger partial charge in [-0.05, 0) is 137 Å². The van der Waals surface area contributed by atoms with Crippen LogP contribution in [0.15, 0.2) is 249 Å². The number of aryl methyl sites for hydroxylation is 2. The molecule has 0 radical (unpaired) electrons. The van der Waals surface area contributed by atoms with Crippen LogP contribution < -0.4 is 4.74 Å². The molecule has 0 N–H and O–H groups in total. The first-order valence-corrected chi connectivity index (χ1v) is 27.0. The Kier molecular flexibility index (Phi) is 13.9. The van der Waals surface area contributed by atoms with E-state index in [1.54, 1.807) is 0 Å². The van der Waals surface area contributed by atoms with Gasteiger partial charge in [0.2, 0.25) is 0 Å². The summed E-state index contributed by atoms with van der Waals surface area (Å²) in [5.41, 5.74) is 16.1. The van der Waals surface area contributed by atoms with Gasteiger partial charge in [0.05, 0.1) is 5.69 Å². The standard InChI is InChI=1S/C42H28.C32H28N4O.Pt/c1-5-17-29(18-6-1)37-33-25-13-14-26-34(33)39(31-21-9-3-10-22-31)42-40(32-23-11-4-12-24-32)36-28-16-15-27-35(36)38(41(37)42)30-19-7-2-8-20-30;1-21-17-22(2)36(34-21)24-9-8-10-25(19-24)37-26-13-14-28-27-11-6-7-12-29(27)35(30(28)20-26)31-18-23(15-16-33-31)32(3,4)5;/h1-28H;6-18H,1-5H3;/q;-2;+2. The summed E-state index contributed by atoms with van der Waals surface area (Å²) in [6.45, 7) is 10.7. The van der Waals surface area contributed by atoms with Gasteiger partial charge in [0.1, 0.15) is 5.82 Å². The van der Waals surface area contributed by atoms with Gasteiger partial charge in [-0.25, -0.2) is 4.98 Å². The number of rotatable bonds is 8. The van der Waals surface area contributed by atoms with E-state index in [0.29, 0.717) is 11.5 Å². The summed E-state index contributed by atoms with van der Waals surface area (Å²) in [6, 6.07) is 93.1. The summed E-state index contributed by atoms with van der Waals surface area (Å²) in [4.78, 5) is 4.75. The molecule has 5 nitrogen and oxygen atoms in total. The maximum Gasteiger partial charge on any atom is 2.00 e. The zero-order valence-corrected chi connectivity index (χ0v) is 47.5. The molecule has 0 aliphatic carbocycles. The summed E-state index contributed by atoms with van der Waals surface area (Å²) >= 11 is 0. The smallest absolute Gasteiger partial charge is 0.509 e. The van der Waals surface area contributed by atoms with E-state index >= 15 is 0 Å². The first-order valence-electron chi connectivity index (χ1n) is 27.0. The molecule has 0 saturated carbocycles. The van der Waals surface area contributed by atoms with Crippen molar-refractivity contribution < 1.29 is 25.8 Å². The first-order chi connectivity index (χ1) is 38.7. The number of para-hydroxylation sites is 1. The topological polar surface area (TPSA) is 44.9 Å². The number of ether oxygens (including phenoxy) is 1. The fourth-order valence-corrected chi connectivity index (χ4v) is 11.5. The van der Waals surface area contributed by atoms with Crippen molar-refractivity contribution in [1.29, 1.82) is 0 Å². The molecular weight excluding hydrogens is 1160 g/mol. The number of fused-ring (bicyclic) bond motifs is 6. The van der Waals surface area contributed by atoms with Gasteiger partial charge >= 0.3 is 21.1 Å². The van der Waals surface area contributed by atoms with Gasteiger partial charge < -0.3 is 9.30 Å². The molecule has 0 amide bonds. The zero-order chi connectivity index (χ0) is 53.6. The van der Waals surface area contributed by atoms with E-state index < -0.39 is 0 Å². The molecule has 0 saturated heterocycles. The third-order valence-electron chi connectivity index (χ3n) is 15.0. The Balaban J connectivity index is 0.000000159. The number of hydrogen-bond donors (Lipinski definition) is 0. The van der Waals surface area contributed by atoms with Crippen LogP contribution in [-0.2, 0) is 26.5 Å². The molecule has 0 atom stereocenters. The van der Waals surface area contributed by atoms with Crippen LogP contribution in [0.3, 0.4) is 0 Å². The maximum atomic E-state index is 6.27. The van der Waals surface area contributed by atoms with Crippen LogP contribution in [-0.4, -0.2) is 19.3 Å². The van der Waals surface area contributed by atoms with Crippen LogP contribution in [0.2, 0.25) is 0 Å². The third-order valence-corrected chi connectivity index (χ3v) is 15.0. The number of nitrogens with zero attached hydrogens (tertiary/aromatic N) is 4. The van der Waals surface area contributed by atoms with Crippen molar-refractivity contribution in [3.8, 4) is 67.5 Å². The second-order valence-electron chi connectivity index (χ2n) is 21.2. The van der Waals surface area contributed by atoms with Crippen molar-refractivity contribution in [2.24, 2.45) is 0 Å². The van der Waals surface area contributed by atoms with E-state index in [2.05, 4.69) is 255 Å². The van der Waals surface area contributed by atoms with Crippen LogP contribution in [0.4, 0.5) is 0 Å². The minimum absolute atomic E-state index is 0. The summed E-state index contributed by atoms with van der Waals surface area (Å²) in [6.07, 6.45) is 1.89. The molecule has 3 heterocycles. The molecule has 0 unspecified atom stereocenters. The second-order valence-corrected chi connectivity index (χ2v) is 21.2. The summed E-state index contributed by atoms with van der Waals surface area (Å²) < 4.78 is 10.3. The average Bonchev–Trinajstić information content (AvgIpc) is 4.04.